The van der Waals surface area contributed by atoms with Crippen LogP contribution in [0, 0.1) is 0 Å². The molecule has 5 nitrogen and oxygen atoms in total. The molecule has 0 saturated heterocycles. The number of amides is 2. The van der Waals surface area contributed by atoms with Crippen LogP contribution in [0.1, 0.15) is 39.3 Å². The number of hydrogen-bond donors (Lipinski definition) is 1. The topological polar surface area (TPSA) is 62.6 Å². The van der Waals surface area contributed by atoms with E-state index in [1.165, 1.54) is 0 Å². The maximum absolute atomic E-state index is 13.1. The van der Waals surface area contributed by atoms with Gasteiger partial charge in [-0.3, -0.25) is 9.59 Å². The summed E-state index contributed by atoms with van der Waals surface area (Å²) in [5, 5.41) is 6.87. The van der Waals surface area contributed by atoms with Crippen LogP contribution in [-0.2, 0) is 6.54 Å². The number of benzene rings is 1. The number of rotatable bonds is 6. The van der Waals surface area contributed by atoms with Crippen molar-refractivity contribution in [1.82, 2.24) is 4.90 Å². The lowest BCUT2D eigenvalue weighted by molar-refractivity contribution is 0.0730. The second-order valence-electron chi connectivity index (χ2n) is 6.43. The minimum Gasteiger partial charge on any atom is -0.444 e. The fourth-order valence-electron chi connectivity index (χ4n) is 2.86. The average molecular weight is 445 g/mol. The third-order valence-corrected chi connectivity index (χ3v) is 5.50. The van der Waals surface area contributed by atoms with Gasteiger partial charge in [0.15, 0.2) is 10.4 Å². The Morgan fingerprint density at radius 2 is 2.07 bits per heavy atom. The van der Waals surface area contributed by atoms with Gasteiger partial charge in [0.05, 0.1) is 0 Å². The number of carbonyl (C=O) groups is 2. The summed E-state index contributed by atoms with van der Waals surface area (Å²) in [5.41, 5.74) is 2.27. The van der Waals surface area contributed by atoms with E-state index in [9.17, 15) is 9.59 Å². The maximum atomic E-state index is 13.1. The standard InChI is InChI=1S/C20H17BrN2O3S/c21-18-7-6-17(26-18)19(24)22-15-3-1-2-14(10-15)20(25)23(16-4-5-16)11-13-8-9-27-12-13/h1-3,6-10,12,16H,4-5,11H2,(H,22,24). The smallest absolute Gasteiger partial charge is 0.291 e. The van der Waals surface area contributed by atoms with Gasteiger partial charge in [-0.05, 0) is 81.5 Å². The number of hydrogen-bond acceptors (Lipinski definition) is 4. The highest BCUT2D eigenvalue weighted by atomic mass is 79.9. The normalized spacial score (nSPS) is 13.4. The van der Waals surface area contributed by atoms with Gasteiger partial charge in [-0.2, -0.15) is 11.3 Å². The predicted molar refractivity (Wildman–Crippen MR) is 108 cm³/mol. The van der Waals surface area contributed by atoms with Crippen LogP contribution < -0.4 is 5.32 Å². The zero-order valence-electron chi connectivity index (χ0n) is 14.4. The first-order chi connectivity index (χ1) is 13.1. The molecule has 0 atom stereocenters. The summed E-state index contributed by atoms with van der Waals surface area (Å²) in [7, 11) is 0. The summed E-state index contributed by atoms with van der Waals surface area (Å²) in [6.45, 7) is 0.615. The van der Waals surface area contributed by atoms with Gasteiger partial charge in [-0.1, -0.05) is 6.07 Å². The molecule has 1 saturated carbocycles. The monoisotopic (exact) mass is 444 g/mol. The number of thiophene rings is 1. The molecule has 7 heteroatoms. The van der Waals surface area contributed by atoms with E-state index >= 15 is 0 Å². The molecule has 3 aromatic rings. The van der Waals surface area contributed by atoms with Crippen LogP contribution in [0.5, 0.6) is 0 Å². The van der Waals surface area contributed by atoms with Crippen molar-refractivity contribution >= 4 is 44.8 Å². The van der Waals surface area contributed by atoms with Gasteiger partial charge >= 0.3 is 0 Å². The molecule has 4 rings (SSSR count). The van der Waals surface area contributed by atoms with Gasteiger partial charge in [-0.15, -0.1) is 0 Å². The molecule has 0 spiro atoms. The zero-order chi connectivity index (χ0) is 18.8. The third kappa shape index (κ3) is 4.31. The quantitative estimate of drug-likeness (QED) is 0.570. The van der Waals surface area contributed by atoms with E-state index in [1.807, 2.05) is 16.3 Å². The van der Waals surface area contributed by atoms with E-state index in [0.717, 1.165) is 18.4 Å². The molecule has 1 aliphatic rings. The molecular weight excluding hydrogens is 428 g/mol. The Morgan fingerprint density at radius 3 is 2.74 bits per heavy atom. The van der Waals surface area contributed by atoms with Crippen molar-refractivity contribution in [2.24, 2.45) is 0 Å². The summed E-state index contributed by atoms with van der Waals surface area (Å²) in [5.74, 6) is -0.168. The van der Waals surface area contributed by atoms with Gasteiger partial charge in [0, 0.05) is 23.8 Å². The van der Waals surface area contributed by atoms with Crippen LogP contribution in [-0.4, -0.2) is 22.8 Å². The highest BCUT2D eigenvalue weighted by Gasteiger charge is 2.33. The Morgan fingerprint density at radius 1 is 1.22 bits per heavy atom. The number of halogens is 1. The first-order valence-corrected chi connectivity index (χ1v) is 10.3. The molecule has 0 radical (unpaired) electrons. The third-order valence-electron chi connectivity index (χ3n) is 4.35. The van der Waals surface area contributed by atoms with Crippen molar-refractivity contribution in [3.8, 4) is 0 Å². The van der Waals surface area contributed by atoms with E-state index in [4.69, 9.17) is 4.42 Å². The van der Waals surface area contributed by atoms with Gasteiger partial charge in [0.1, 0.15) is 0 Å². The Kier molecular flexibility index (Phi) is 5.13. The van der Waals surface area contributed by atoms with E-state index in [-0.39, 0.29) is 17.6 Å². The number of nitrogens with one attached hydrogen (secondary N) is 1. The summed E-state index contributed by atoms with van der Waals surface area (Å²) in [6, 6.07) is 12.6. The summed E-state index contributed by atoms with van der Waals surface area (Å²) < 4.78 is 5.75. The van der Waals surface area contributed by atoms with E-state index < -0.39 is 0 Å². The number of anilines is 1. The fourth-order valence-corrected chi connectivity index (χ4v) is 3.82. The van der Waals surface area contributed by atoms with Crippen LogP contribution in [0.2, 0.25) is 0 Å². The molecule has 0 aliphatic heterocycles. The van der Waals surface area contributed by atoms with Gasteiger partial charge in [-0.25, -0.2) is 0 Å². The van der Waals surface area contributed by atoms with Crippen molar-refractivity contribution in [2.45, 2.75) is 25.4 Å². The first kappa shape index (κ1) is 18.0. The lowest BCUT2D eigenvalue weighted by Gasteiger charge is -2.22. The Hall–Kier alpha value is -2.38. The Balaban J connectivity index is 1.50. The Labute approximate surface area is 169 Å². The molecular formula is C20H17BrN2O3S. The van der Waals surface area contributed by atoms with Crippen LogP contribution in [0.25, 0.3) is 0 Å². The van der Waals surface area contributed by atoms with Gasteiger partial charge in [0.25, 0.3) is 11.8 Å². The van der Waals surface area contributed by atoms with Crippen LogP contribution >= 0.6 is 27.3 Å². The Bertz CT molecular complexity index is 963. The molecule has 1 N–H and O–H groups in total. The zero-order valence-corrected chi connectivity index (χ0v) is 16.8. The van der Waals surface area contributed by atoms with Gasteiger partial charge in [0.2, 0.25) is 0 Å². The van der Waals surface area contributed by atoms with Crippen molar-refractivity contribution in [3.63, 3.8) is 0 Å². The fraction of sp³-hybridized carbons (Fsp3) is 0.200. The maximum Gasteiger partial charge on any atom is 0.291 e. The largest absolute Gasteiger partial charge is 0.444 e. The second kappa shape index (κ2) is 7.70. The lowest BCUT2D eigenvalue weighted by atomic mass is 10.1. The van der Waals surface area contributed by atoms with E-state index in [1.54, 1.807) is 47.7 Å². The number of carbonyl (C=O) groups excluding carboxylic acids is 2. The lowest BCUT2D eigenvalue weighted by Crippen LogP contribution is -2.32. The number of nitrogens with zero attached hydrogens (tertiary/aromatic N) is 1. The van der Waals surface area contributed by atoms with Crippen molar-refractivity contribution < 1.29 is 14.0 Å². The SMILES string of the molecule is O=C(Nc1cccc(C(=O)N(Cc2ccsc2)C2CC2)c1)c1ccc(Br)o1. The molecule has 1 fully saturated rings. The van der Waals surface area contributed by atoms with Crippen LogP contribution in [0.15, 0.2) is 62.3 Å². The van der Waals surface area contributed by atoms with Crippen molar-refractivity contribution in [1.29, 1.82) is 0 Å². The van der Waals surface area contributed by atoms with E-state index in [0.29, 0.717) is 28.5 Å². The molecule has 0 bridgehead atoms. The van der Waals surface area contributed by atoms with E-state index in [2.05, 4.69) is 26.6 Å². The molecule has 2 heterocycles. The van der Waals surface area contributed by atoms with Crippen molar-refractivity contribution in [2.75, 3.05) is 5.32 Å². The highest BCUT2D eigenvalue weighted by Crippen LogP contribution is 2.30. The molecule has 138 valence electrons. The van der Waals surface area contributed by atoms with Crippen LogP contribution in [0.4, 0.5) is 5.69 Å². The first-order valence-electron chi connectivity index (χ1n) is 8.59. The average Bonchev–Trinajstić information content (AvgIpc) is 3.19. The molecule has 1 aliphatic carbocycles. The molecule has 2 aromatic heterocycles. The summed E-state index contributed by atoms with van der Waals surface area (Å²) in [6.07, 6.45) is 2.08. The molecule has 2 amide bonds. The highest BCUT2D eigenvalue weighted by molar-refractivity contribution is 9.10. The van der Waals surface area contributed by atoms with Crippen molar-refractivity contribution in [3.05, 3.63) is 74.8 Å². The minimum atomic E-state index is -0.359. The van der Waals surface area contributed by atoms with Crippen LogP contribution in [0.3, 0.4) is 0 Å². The molecule has 0 unspecified atom stereocenters. The second-order valence-corrected chi connectivity index (χ2v) is 8.00. The predicted octanol–water partition coefficient (Wildman–Crippen LogP) is 5.16. The van der Waals surface area contributed by atoms with Gasteiger partial charge < -0.3 is 14.6 Å². The molecule has 27 heavy (non-hydrogen) atoms. The molecule has 1 aromatic carbocycles. The summed E-state index contributed by atoms with van der Waals surface area (Å²) >= 11 is 4.81. The minimum absolute atomic E-state index is 0.0134. The number of furan rings is 1. The summed E-state index contributed by atoms with van der Waals surface area (Å²) in [4.78, 5) is 27.2.